The van der Waals surface area contributed by atoms with Crippen LogP contribution in [0.3, 0.4) is 0 Å². The Hall–Kier alpha value is -4.66. The van der Waals surface area contributed by atoms with Gasteiger partial charge in [0.25, 0.3) is 17.5 Å². The number of hydrogen-bond acceptors (Lipinski definition) is 10. The number of nitro benzene ring substituents is 1. The SMILES string of the molecule is O=C(NNc1ncnc(NNC(=O)c2ccccc2[N+](=O)[O-])c1[N+](=O)[O-])c1ccc(Br)cc1. The van der Waals surface area contributed by atoms with Crippen molar-refractivity contribution >= 4 is 50.8 Å². The van der Waals surface area contributed by atoms with Crippen LogP contribution >= 0.6 is 15.9 Å². The van der Waals surface area contributed by atoms with Gasteiger partial charge in [-0.2, -0.15) is 0 Å². The monoisotopic (exact) mass is 516 g/mol. The molecule has 0 aliphatic carbocycles. The van der Waals surface area contributed by atoms with E-state index >= 15 is 0 Å². The fourth-order valence-electron chi connectivity index (χ4n) is 2.53. The summed E-state index contributed by atoms with van der Waals surface area (Å²) >= 11 is 3.24. The van der Waals surface area contributed by atoms with Crippen LogP contribution in [0, 0.1) is 20.2 Å². The van der Waals surface area contributed by atoms with Crippen LogP contribution in [0.5, 0.6) is 0 Å². The Labute approximate surface area is 192 Å². The summed E-state index contributed by atoms with van der Waals surface area (Å²) in [7, 11) is 0. The Kier molecular flexibility index (Phi) is 7.04. The third kappa shape index (κ3) is 5.53. The van der Waals surface area contributed by atoms with Crippen molar-refractivity contribution in [3.8, 4) is 0 Å². The number of rotatable bonds is 8. The largest absolute Gasteiger partial charge is 0.356 e. The molecule has 15 heteroatoms. The first-order chi connectivity index (χ1) is 15.8. The molecule has 168 valence electrons. The highest BCUT2D eigenvalue weighted by atomic mass is 79.9. The summed E-state index contributed by atoms with van der Waals surface area (Å²) in [6.45, 7) is 0. The fourth-order valence-corrected chi connectivity index (χ4v) is 2.80. The molecule has 0 unspecified atom stereocenters. The van der Waals surface area contributed by atoms with Crippen molar-refractivity contribution in [1.82, 2.24) is 20.8 Å². The Morgan fingerprint density at radius 1 is 0.818 bits per heavy atom. The summed E-state index contributed by atoms with van der Waals surface area (Å²) < 4.78 is 0.761. The minimum Gasteiger partial charge on any atom is -0.276 e. The predicted octanol–water partition coefficient (Wildman–Crippen LogP) is 2.57. The van der Waals surface area contributed by atoms with E-state index in [-0.39, 0.29) is 16.9 Å². The van der Waals surface area contributed by atoms with Crippen LogP contribution in [-0.4, -0.2) is 31.6 Å². The van der Waals surface area contributed by atoms with Gasteiger partial charge >= 0.3 is 5.69 Å². The van der Waals surface area contributed by atoms with Gasteiger partial charge in [-0.1, -0.05) is 28.1 Å². The Balaban J connectivity index is 1.76. The Morgan fingerprint density at radius 3 is 1.97 bits per heavy atom. The molecule has 1 heterocycles. The van der Waals surface area contributed by atoms with Crippen LogP contribution in [0.25, 0.3) is 0 Å². The topological polar surface area (TPSA) is 194 Å². The maximum Gasteiger partial charge on any atom is 0.356 e. The number of carbonyl (C=O) groups is 2. The van der Waals surface area contributed by atoms with E-state index in [1.165, 1.54) is 30.3 Å². The van der Waals surface area contributed by atoms with Gasteiger partial charge in [0, 0.05) is 16.1 Å². The number of nitro groups is 2. The molecule has 0 fully saturated rings. The van der Waals surface area contributed by atoms with Gasteiger partial charge in [-0.15, -0.1) is 0 Å². The molecule has 0 saturated heterocycles. The molecule has 0 saturated carbocycles. The fraction of sp³-hybridized carbons (Fsp3) is 0. The summed E-state index contributed by atoms with van der Waals surface area (Å²) in [5, 5.41) is 22.7. The molecule has 3 rings (SSSR count). The summed E-state index contributed by atoms with van der Waals surface area (Å²) in [4.78, 5) is 53.1. The standard InChI is InChI=1S/C18H13BrN8O6/c19-11-7-5-10(6-8-11)17(28)24-22-15-14(27(32)33)16(21-9-20-15)23-25-18(29)12-3-1-2-4-13(12)26(30)31/h1-9H,(H,24,28)(H,25,29)(H2,20,21,22,23). The number of nitrogens with one attached hydrogen (secondary N) is 4. The van der Waals surface area contributed by atoms with E-state index in [2.05, 4.69) is 47.6 Å². The van der Waals surface area contributed by atoms with Crippen LogP contribution in [0.1, 0.15) is 20.7 Å². The number of aromatic nitrogens is 2. The second-order valence-electron chi connectivity index (χ2n) is 6.12. The lowest BCUT2D eigenvalue weighted by molar-refractivity contribution is -0.385. The molecule has 0 radical (unpaired) electrons. The third-order valence-corrected chi connectivity index (χ3v) is 4.57. The van der Waals surface area contributed by atoms with Gasteiger partial charge in [-0.25, -0.2) is 9.97 Å². The number of hydrogen-bond donors (Lipinski definition) is 4. The number of anilines is 2. The number of benzene rings is 2. The second kappa shape index (κ2) is 10.1. The van der Waals surface area contributed by atoms with Gasteiger partial charge in [0.05, 0.1) is 9.85 Å². The van der Waals surface area contributed by atoms with E-state index in [0.29, 0.717) is 0 Å². The molecule has 3 aromatic rings. The van der Waals surface area contributed by atoms with Crippen molar-refractivity contribution in [2.24, 2.45) is 0 Å². The average molecular weight is 517 g/mol. The van der Waals surface area contributed by atoms with Gasteiger partial charge in [0.2, 0.25) is 11.6 Å². The molecule has 2 amide bonds. The highest BCUT2D eigenvalue weighted by molar-refractivity contribution is 9.10. The first kappa shape index (κ1) is 23.0. The number of carbonyl (C=O) groups excluding carboxylic acids is 2. The molecular formula is C18H13BrN8O6. The van der Waals surface area contributed by atoms with Crippen LogP contribution in [0.15, 0.2) is 59.3 Å². The predicted molar refractivity (Wildman–Crippen MR) is 118 cm³/mol. The Bertz CT molecular complexity index is 1240. The second-order valence-corrected chi connectivity index (χ2v) is 7.03. The minimum absolute atomic E-state index is 0.271. The van der Waals surface area contributed by atoms with Crippen molar-refractivity contribution in [3.63, 3.8) is 0 Å². The number of nitrogens with zero attached hydrogens (tertiary/aromatic N) is 4. The zero-order valence-electron chi connectivity index (χ0n) is 16.3. The quantitative estimate of drug-likeness (QED) is 0.255. The van der Waals surface area contributed by atoms with E-state index in [0.717, 1.165) is 16.9 Å². The van der Waals surface area contributed by atoms with Crippen molar-refractivity contribution in [1.29, 1.82) is 0 Å². The summed E-state index contributed by atoms with van der Waals surface area (Å²) in [6, 6.07) is 11.5. The number of amides is 2. The molecule has 2 aromatic carbocycles. The molecule has 0 spiro atoms. The number of para-hydroxylation sites is 1. The minimum atomic E-state index is -0.923. The molecule has 0 aliphatic rings. The molecule has 14 nitrogen and oxygen atoms in total. The van der Waals surface area contributed by atoms with Crippen LogP contribution in [0.4, 0.5) is 23.0 Å². The third-order valence-electron chi connectivity index (χ3n) is 4.05. The molecule has 4 N–H and O–H groups in total. The van der Waals surface area contributed by atoms with E-state index in [1.807, 2.05) is 0 Å². The normalized spacial score (nSPS) is 10.1. The highest BCUT2D eigenvalue weighted by Crippen LogP contribution is 2.28. The zero-order valence-corrected chi connectivity index (χ0v) is 17.9. The first-order valence-corrected chi connectivity index (χ1v) is 9.68. The van der Waals surface area contributed by atoms with Gasteiger partial charge in [-0.3, -0.25) is 51.5 Å². The Morgan fingerprint density at radius 2 is 1.39 bits per heavy atom. The summed E-state index contributed by atoms with van der Waals surface area (Å²) in [5.41, 5.74) is 7.85. The van der Waals surface area contributed by atoms with Gasteiger partial charge in [0.1, 0.15) is 11.9 Å². The lowest BCUT2D eigenvalue weighted by atomic mass is 10.2. The highest BCUT2D eigenvalue weighted by Gasteiger charge is 2.25. The van der Waals surface area contributed by atoms with Gasteiger partial charge < -0.3 is 0 Å². The van der Waals surface area contributed by atoms with Crippen LogP contribution in [-0.2, 0) is 0 Å². The molecule has 0 atom stereocenters. The van der Waals surface area contributed by atoms with E-state index in [1.54, 1.807) is 12.1 Å². The molecule has 0 bridgehead atoms. The lowest BCUT2D eigenvalue weighted by Crippen LogP contribution is -2.32. The van der Waals surface area contributed by atoms with Crippen molar-refractivity contribution < 1.29 is 19.4 Å². The zero-order chi connectivity index (χ0) is 24.0. The number of hydrazine groups is 2. The van der Waals surface area contributed by atoms with E-state index < -0.39 is 38.9 Å². The van der Waals surface area contributed by atoms with E-state index in [9.17, 15) is 29.8 Å². The smallest absolute Gasteiger partial charge is 0.276 e. The van der Waals surface area contributed by atoms with Crippen molar-refractivity contribution in [2.45, 2.75) is 0 Å². The average Bonchev–Trinajstić information content (AvgIpc) is 2.81. The molecule has 1 aromatic heterocycles. The molecular weight excluding hydrogens is 504 g/mol. The van der Waals surface area contributed by atoms with Gasteiger partial charge in [0.15, 0.2) is 0 Å². The van der Waals surface area contributed by atoms with Crippen LogP contribution < -0.4 is 21.7 Å². The van der Waals surface area contributed by atoms with Gasteiger partial charge in [-0.05, 0) is 30.3 Å². The molecule has 33 heavy (non-hydrogen) atoms. The first-order valence-electron chi connectivity index (χ1n) is 8.89. The summed E-state index contributed by atoms with van der Waals surface area (Å²) in [5.74, 6) is -2.31. The van der Waals surface area contributed by atoms with Crippen molar-refractivity contribution in [3.05, 3.63) is 90.7 Å². The maximum atomic E-state index is 12.3. The lowest BCUT2D eigenvalue weighted by Gasteiger charge is -2.11. The van der Waals surface area contributed by atoms with Crippen LogP contribution in [0.2, 0.25) is 0 Å². The van der Waals surface area contributed by atoms with Crippen molar-refractivity contribution in [2.75, 3.05) is 10.9 Å². The van der Waals surface area contributed by atoms with E-state index in [4.69, 9.17) is 0 Å². The summed E-state index contributed by atoms with van der Waals surface area (Å²) in [6.07, 6.45) is 0.945. The molecule has 0 aliphatic heterocycles. The maximum absolute atomic E-state index is 12.3. The number of halogens is 1.